The minimum absolute atomic E-state index is 0.264. The van der Waals surface area contributed by atoms with Crippen molar-refractivity contribution >= 4 is 21.7 Å². The van der Waals surface area contributed by atoms with Gasteiger partial charge in [0, 0.05) is 12.6 Å². The molecule has 18 heavy (non-hydrogen) atoms. The summed E-state index contributed by atoms with van der Waals surface area (Å²) in [6, 6.07) is 6.17. The van der Waals surface area contributed by atoms with Crippen molar-refractivity contribution in [2.45, 2.75) is 13.3 Å². The molecule has 0 fully saturated rings. The largest absolute Gasteiger partial charge is 0.372 e. The second-order valence-electron chi connectivity index (χ2n) is 3.77. The third-order valence-corrected chi connectivity index (χ3v) is 3.43. The zero-order valence-electron chi connectivity index (χ0n) is 10.2. The van der Waals surface area contributed by atoms with Gasteiger partial charge in [-0.2, -0.15) is 0 Å². The molecule has 5 heteroatoms. The molecule has 0 spiro atoms. The number of nitrogens with zero attached hydrogens (tertiary/aromatic N) is 2. The molecule has 2 aromatic rings. The van der Waals surface area contributed by atoms with E-state index in [0.717, 1.165) is 28.0 Å². The van der Waals surface area contributed by atoms with Crippen LogP contribution in [0.5, 0.6) is 0 Å². The van der Waals surface area contributed by atoms with E-state index in [0.29, 0.717) is 5.82 Å². The maximum atomic E-state index is 12.9. The highest BCUT2D eigenvalue weighted by Gasteiger charge is 2.11. The monoisotopic (exact) mass is 309 g/mol. The van der Waals surface area contributed by atoms with Crippen molar-refractivity contribution < 1.29 is 4.39 Å². The van der Waals surface area contributed by atoms with Gasteiger partial charge in [0.25, 0.3) is 0 Å². The zero-order chi connectivity index (χ0) is 13.1. The third-order valence-electron chi connectivity index (χ3n) is 2.59. The molecule has 0 aliphatic heterocycles. The Labute approximate surface area is 114 Å². The Balaban J connectivity index is 2.54. The van der Waals surface area contributed by atoms with Crippen molar-refractivity contribution in [1.29, 1.82) is 0 Å². The van der Waals surface area contributed by atoms with E-state index in [4.69, 9.17) is 0 Å². The highest BCUT2D eigenvalue weighted by atomic mass is 79.9. The lowest BCUT2D eigenvalue weighted by Gasteiger charge is -2.10. The predicted molar refractivity (Wildman–Crippen MR) is 74.1 cm³/mol. The Morgan fingerprint density at radius 1 is 1.22 bits per heavy atom. The smallest absolute Gasteiger partial charge is 0.161 e. The molecule has 0 amide bonds. The molecule has 3 nitrogen and oxygen atoms in total. The van der Waals surface area contributed by atoms with Crippen molar-refractivity contribution in [2.24, 2.45) is 0 Å². The Hall–Kier alpha value is -1.49. The standard InChI is InChI=1S/C13H13BrFN3/c1-3-10-11(14)13(16-2)18-12(17-10)8-4-6-9(15)7-5-8/h4-7H,3H2,1-2H3,(H,16,17,18). The van der Waals surface area contributed by atoms with Gasteiger partial charge in [0.15, 0.2) is 5.82 Å². The molecule has 94 valence electrons. The Morgan fingerprint density at radius 2 is 1.89 bits per heavy atom. The summed E-state index contributed by atoms with van der Waals surface area (Å²) in [4.78, 5) is 8.89. The maximum absolute atomic E-state index is 12.9. The van der Waals surface area contributed by atoms with Gasteiger partial charge in [0.05, 0.1) is 10.2 Å². The van der Waals surface area contributed by atoms with Gasteiger partial charge >= 0.3 is 0 Å². The number of rotatable bonds is 3. The van der Waals surface area contributed by atoms with Gasteiger partial charge < -0.3 is 5.32 Å². The van der Waals surface area contributed by atoms with Gasteiger partial charge in [-0.25, -0.2) is 14.4 Å². The quantitative estimate of drug-likeness (QED) is 0.940. The van der Waals surface area contributed by atoms with Gasteiger partial charge in [-0.3, -0.25) is 0 Å². The Morgan fingerprint density at radius 3 is 2.44 bits per heavy atom. The molecule has 0 aliphatic carbocycles. The molecular formula is C13H13BrFN3. The van der Waals surface area contributed by atoms with E-state index >= 15 is 0 Å². The molecule has 0 radical (unpaired) electrons. The van der Waals surface area contributed by atoms with E-state index in [1.165, 1.54) is 12.1 Å². The molecule has 0 aliphatic rings. The van der Waals surface area contributed by atoms with Crippen LogP contribution in [0.3, 0.4) is 0 Å². The third kappa shape index (κ3) is 2.51. The normalized spacial score (nSPS) is 10.4. The lowest BCUT2D eigenvalue weighted by molar-refractivity contribution is 0.628. The van der Waals surface area contributed by atoms with Gasteiger partial charge in [0.2, 0.25) is 0 Å². The van der Waals surface area contributed by atoms with Crippen molar-refractivity contribution in [3.63, 3.8) is 0 Å². The van der Waals surface area contributed by atoms with Crippen LogP contribution in [0.2, 0.25) is 0 Å². The van der Waals surface area contributed by atoms with Crippen LogP contribution in [0.4, 0.5) is 10.2 Å². The van der Waals surface area contributed by atoms with Crippen LogP contribution >= 0.6 is 15.9 Å². The van der Waals surface area contributed by atoms with Crippen LogP contribution < -0.4 is 5.32 Å². The average Bonchev–Trinajstić information content (AvgIpc) is 2.40. The van der Waals surface area contributed by atoms with E-state index in [9.17, 15) is 4.39 Å². The van der Waals surface area contributed by atoms with E-state index in [1.807, 2.05) is 6.92 Å². The van der Waals surface area contributed by atoms with E-state index in [1.54, 1.807) is 19.2 Å². The number of hydrogen-bond acceptors (Lipinski definition) is 3. The van der Waals surface area contributed by atoms with Gasteiger partial charge in [-0.15, -0.1) is 0 Å². The van der Waals surface area contributed by atoms with Crippen molar-refractivity contribution in [1.82, 2.24) is 9.97 Å². The molecule has 1 aromatic carbocycles. The van der Waals surface area contributed by atoms with E-state index in [-0.39, 0.29) is 5.82 Å². The number of benzene rings is 1. The second-order valence-corrected chi connectivity index (χ2v) is 4.56. The highest BCUT2D eigenvalue weighted by molar-refractivity contribution is 9.10. The molecule has 0 saturated carbocycles. The SMILES string of the molecule is CCc1nc(-c2ccc(F)cc2)nc(NC)c1Br. The van der Waals surface area contributed by atoms with Crippen LogP contribution in [0, 0.1) is 5.82 Å². The molecule has 0 saturated heterocycles. The van der Waals surface area contributed by atoms with Gasteiger partial charge in [-0.05, 0) is 46.6 Å². The predicted octanol–water partition coefficient (Wildman–Crippen LogP) is 3.65. The first kappa shape index (κ1) is 13.0. The number of hydrogen-bond donors (Lipinski definition) is 1. The van der Waals surface area contributed by atoms with Crippen LogP contribution in [0.1, 0.15) is 12.6 Å². The van der Waals surface area contributed by atoms with Crippen LogP contribution in [-0.4, -0.2) is 17.0 Å². The molecule has 2 rings (SSSR count). The maximum Gasteiger partial charge on any atom is 0.161 e. The summed E-state index contributed by atoms with van der Waals surface area (Å²) < 4.78 is 13.8. The number of aryl methyl sites for hydroxylation is 1. The van der Waals surface area contributed by atoms with Gasteiger partial charge in [-0.1, -0.05) is 6.92 Å². The number of anilines is 1. The summed E-state index contributed by atoms with van der Waals surface area (Å²) in [5.41, 5.74) is 1.73. The first-order valence-electron chi connectivity index (χ1n) is 5.65. The molecule has 1 heterocycles. The summed E-state index contributed by atoms with van der Waals surface area (Å²) in [5, 5.41) is 3.02. The topological polar surface area (TPSA) is 37.8 Å². The van der Waals surface area contributed by atoms with Crippen molar-refractivity contribution in [3.8, 4) is 11.4 Å². The highest BCUT2D eigenvalue weighted by Crippen LogP contribution is 2.27. The minimum atomic E-state index is -0.264. The summed E-state index contributed by atoms with van der Waals surface area (Å²) in [6.45, 7) is 2.03. The molecule has 0 bridgehead atoms. The fourth-order valence-electron chi connectivity index (χ4n) is 1.62. The number of nitrogens with one attached hydrogen (secondary N) is 1. The molecule has 1 N–H and O–H groups in total. The summed E-state index contributed by atoms with van der Waals surface area (Å²) in [5.74, 6) is 1.07. The number of halogens is 2. The van der Waals surface area contributed by atoms with Gasteiger partial charge in [0.1, 0.15) is 11.6 Å². The number of aromatic nitrogens is 2. The summed E-state index contributed by atoms with van der Waals surface area (Å²) >= 11 is 3.47. The average molecular weight is 310 g/mol. The lowest BCUT2D eigenvalue weighted by atomic mass is 10.2. The van der Waals surface area contributed by atoms with Crippen LogP contribution in [0.15, 0.2) is 28.7 Å². The van der Waals surface area contributed by atoms with Crippen molar-refractivity contribution in [2.75, 3.05) is 12.4 Å². The second kappa shape index (κ2) is 5.44. The fourth-order valence-corrected chi connectivity index (χ4v) is 2.28. The first-order valence-corrected chi connectivity index (χ1v) is 6.45. The first-order chi connectivity index (χ1) is 8.65. The summed E-state index contributed by atoms with van der Waals surface area (Å²) in [6.07, 6.45) is 0.798. The molecule has 1 aromatic heterocycles. The Kier molecular flexibility index (Phi) is 3.91. The fraction of sp³-hybridized carbons (Fsp3) is 0.231. The summed E-state index contributed by atoms with van der Waals surface area (Å²) in [7, 11) is 1.81. The van der Waals surface area contributed by atoms with Crippen LogP contribution in [-0.2, 0) is 6.42 Å². The molecular weight excluding hydrogens is 297 g/mol. The zero-order valence-corrected chi connectivity index (χ0v) is 11.8. The minimum Gasteiger partial charge on any atom is -0.372 e. The molecule has 0 atom stereocenters. The van der Waals surface area contributed by atoms with Crippen molar-refractivity contribution in [3.05, 3.63) is 40.2 Å². The van der Waals surface area contributed by atoms with Crippen LogP contribution in [0.25, 0.3) is 11.4 Å². The Bertz CT molecular complexity index is 530. The molecule has 0 unspecified atom stereocenters. The lowest BCUT2D eigenvalue weighted by Crippen LogP contribution is -2.02. The van der Waals surface area contributed by atoms with E-state index < -0.39 is 0 Å². The van der Waals surface area contributed by atoms with E-state index in [2.05, 4.69) is 31.2 Å².